The van der Waals surface area contributed by atoms with Gasteiger partial charge in [0.2, 0.25) is 11.3 Å². The highest BCUT2D eigenvalue weighted by Crippen LogP contribution is 2.30. The van der Waals surface area contributed by atoms with Crippen molar-refractivity contribution in [3.8, 4) is 5.69 Å². The topological polar surface area (TPSA) is 96.3 Å². The summed E-state index contributed by atoms with van der Waals surface area (Å²) in [6.07, 6.45) is -4.55. The summed E-state index contributed by atoms with van der Waals surface area (Å²) in [6, 6.07) is 12.4. The van der Waals surface area contributed by atoms with Crippen LogP contribution in [0.3, 0.4) is 0 Å². The Morgan fingerprint density at radius 1 is 1.06 bits per heavy atom. The predicted octanol–water partition coefficient (Wildman–Crippen LogP) is 2.99. The van der Waals surface area contributed by atoms with Crippen LogP contribution in [0.15, 0.2) is 59.4 Å². The highest BCUT2D eigenvalue weighted by molar-refractivity contribution is 5.93. The van der Waals surface area contributed by atoms with E-state index in [-0.39, 0.29) is 30.4 Å². The summed E-state index contributed by atoms with van der Waals surface area (Å²) < 4.78 is 40.4. The molecule has 0 atom stereocenters. The van der Waals surface area contributed by atoms with Gasteiger partial charge in [0, 0.05) is 24.0 Å². The van der Waals surface area contributed by atoms with Crippen LogP contribution >= 0.6 is 0 Å². The van der Waals surface area contributed by atoms with Crippen LogP contribution in [0.5, 0.6) is 0 Å². The molecule has 3 aromatic rings. The van der Waals surface area contributed by atoms with Crippen LogP contribution in [0.25, 0.3) is 5.69 Å². The molecule has 0 aliphatic heterocycles. The number of aromatic nitrogens is 2. The average molecular weight is 487 g/mol. The van der Waals surface area contributed by atoms with E-state index in [1.807, 2.05) is 0 Å². The normalized spacial score (nSPS) is 11.4. The smallest absolute Gasteiger partial charge is 0.346 e. The van der Waals surface area contributed by atoms with E-state index < -0.39 is 28.8 Å². The van der Waals surface area contributed by atoms with E-state index in [1.165, 1.54) is 19.1 Å². The molecule has 0 radical (unpaired) electrons. The number of hydrogen-bond acceptors (Lipinski definition) is 5. The summed E-state index contributed by atoms with van der Waals surface area (Å²) in [4.78, 5) is 38.8. The van der Waals surface area contributed by atoms with Crippen LogP contribution < -0.4 is 16.1 Å². The van der Waals surface area contributed by atoms with Gasteiger partial charge in [-0.25, -0.2) is 4.68 Å². The molecule has 0 saturated carbocycles. The monoisotopic (exact) mass is 487 g/mol. The van der Waals surface area contributed by atoms with Crippen molar-refractivity contribution >= 4 is 17.5 Å². The Hall–Kier alpha value is -3.99. The van der Waals surface area contributed by atoms with Gasteiger partial charge in [-0.1, -0.05) is 18.2 Å². The zero-order valence-corrected chi connectivity index (χ0v) is 19.3. The molecule has 0 aliphatic carbocycles. The molecule has 184 valence electrons. The Balaban J connectivity index is 1.78. The molecule has 0 spiro atoms. The maximum Gasteiger partial charge on any atom is 0.416 e. The Morgan fingerprint density at radius 3 is 2.46 bits per heavy atom. The Bertz CT molecular complexity index is 1300. The molecule has 35 heavy (non-hydrogen) atoms. The van der Waals surface area contributed by atoms with E-state index in [2.05, 4.69) is 15.7 Å². The van der Waals surface area contributed by atoms with Gasteiger partial charge in [0.25, 0.3) is 5.91 Å². The minimum atomic E-state index is -4.55. The lowest BCUT2D eigenvalue weighted by Crippen LogP contribution is -2.31. The summed E-state index contributed by atoms with van der Waals surface area (Å²) >= 11 is 0. The van der Waals surface area contributed by atoms with E-state index in [0.29, 0.717) is 11.3 Å². The molecule has 0 unspecified atom stereocenters. The van der Waals surface area contributed by atoms with Crippen LogP contribution in [-0.2, 0) is 17.5 Å². The lowest BCUT2D eigenvalue weighted by molar-refractivity contribution is -0.137. The molecule has 2 N–H and O–H groups in total. The van der Waals surface area contributed by atoms with Crippen molar-refractivity contribution in [1.29, 1.82) is 0 Å². The summed E-state index contributed by atoms with van der Waals surface area (Å²) in [7, 11) is 3.54. The molecule has 8 nitrogen and oxygen atoms in total. The van der Waals surface area contributed by atoms with Gasteiger partial charge in [0.15, 0.2) is 5.69 Å². The number of rotatable bonds is 7. The van der Waals surface area contributed by atoms with Crippen LogP contribution in [0, 0.1) is 6.92 Å². The number of likely N-dealkylation sites (N-methyl/N-ethyl adjacent to an activating group) is 1. The highest BCUT2D eigenvalue weighted by Gasteiger charge is 2.30. The molecule has 3 rings (SSSR count). The van der Waals surface area contributed by atoms with Crippen LogP contribution in [0.4, 0.5) is 18.9 Å². The van der Waals surface area contributed by atoms with Crippen LogP contribution in [0.2, 0.25) is 0 Å². The molecule has 0 fully saturated rings. The first-order chi connectivity index (χ1) is 16.4. The van der Waals surface area contributed by atoms with Crippen molar-refractivity contribution in [2.45, 2.75) is 19.6 Å². The predicted molar refractivity (Wildman–Crippen MR) is 124 cm³/mol. The lowest BCUT2D eigenvalue weighted by atomic mass is 10.2. The number of carbonyl (C=O) groups excluding carboxylic acids is 2. The Morgan fingerprint density at radius 2 is 1.77 bits per heavy atom. The first kappa shape index (κ1) is 25.6. The Kier molecular flexibility index (Phi) is 7.70. The minimum absolute atomic E-state index is 0.0365. The third-order valence-corrected chi connectivity index (χ3v) is 4.86. The number of hydrogen-bond donors (Lipinski definition) is 2. The van der Waals surface area contributed by atoms with Crippen molar-refractivity contribution in [2.75, 3.05) is 26.0 Å². The third kappa shape index (κ3) is 6.76. The number of aryl methyl sites for hydroxylation is 1. The van der Waals surface area contributed by atoms with E-state index >= 15 is 0 Å². The number of carbonyl (C=O) groups is 2. The van der Waals surface area contributed by atoms with Crippen molar-refractivity contribution in [3.63, 3.8) is 0 Å². The van der Waals surface area contributed by atoms with Gasteiger partial charge in [-0.2, -0.15) is 18.3 Å². The van der Waals surface area contributed by atoms with Crippen molar-refractivity contribution in [1.82, 2.24) is 20.0 Å². The first-order valence-electron chi connectivity index (χ1n) is 10.5. The van der Waals surface area contributed by atoms with Crippen LogP contribution in [-0.4, -0.2) is 47.1 Å². The van der Waals surface area contributed by atoms with E-state index in [1.54, 1.807) is 43.3 Å². The third-order valence-electron chi connectivity index (χ3n) is 4.86. The molecule has 0 aliphatic rings. The van der Waals surface area contributed by atoms with Gasteiger partial charge in [-0.3, -0.25) is 14.4 Å². The maximum atomic E-state index is 13.1. The van der Waals surface area contributed by atoms with Gasteiger partial charge in [-0.05, 0) is 56.9 Å². The average Bonchev–Trinajstić information content (AvgIpc) is 2.77. The van der Waals surface area contributed by atoms with Gasteiger partial charge in [-0.15, -0.1) is 0 Å². The fourth-order valence-corrected chi connectivity index (χ4v) is 3.29. The van der Waals surface area contributed by atoms with Gasteiger partial charge in [0.1, 0.15) is 0 Å². The molecule has 0 bridgehead atoms. The number of halogens is 3. The van der Waals surface area contributed by atoms with Crippen molar-refractivity contribution < 1.29 is 22.8 Å². The first-order valence-corrected chi connectivity index (χ1v) is 10.5. The van der Waals surface area contributed by atoms with E-state index in [0.717, 1.165) is 22.9 Å². The minimum Gasteiger partial charge on any atom is -0.346 e. The molecule has 0 saturated heterocycles. The van der Waals surface area contributed by atoms with E-state index in [4.69, 9.17) is 0 Å². The number of nitrogens with one attached hydrogen (secondary N) is 2. The second-order valence-electron chi connectivity index (χ2n) is 8.13. The van der Waals surface area contributed by atoms with Crippen molar-refractivity contribution in [3.05, 3.63) is 87.3 Å². The second kappa shape index (κ2) is 10.5. The van der Waals surface area contributed by atoms with Gasteiger partial charge in [0.05, 0.1) is 17.8 Å². The zero-order chi connectivity index (χ0) is 25.8. The SMILES string of the molecule is Cc1cc(=O)c(C(=O)NCc2cccc(NC(=O)CN(C)C)c2)nn1-c1cccc(C(F)(F)F)c1. The second-order valence-corrected chi connectivity index (χ2v) is 8.13. The quantitative estimate of drug-likeness (QED) is 0.534. The number of benzene rings is 2. The number of anilines is 1. The Labute approximate surface area is 199 Å². The summed E-state index contributed by atoms with van der Waals surface area (Å²) in [5.41, 5.74) is -0.454. The number of alkyl halides is 3. The van der Waals surface area contributed by atoms with E-state index in [9.17, 15) is 27.6 Å². The van der Waals surface area contributed by atoms with Crippen LogP contribution in [0.1, 0.15) is 27.3 Å². The fourth-order valence-electron chi connectivity index (χ4n) is 3.29. The number of amides is 2. The number of nitrogens with zero attached hydrogens (tertiary/aromatic N) is 3. The van der Waals surface area contributed by atoms with Gasteiger partial charge < -0.3 is 15.5 Å². The molecule has 2 aromatic carbocycles. The standard InChI is InChI=1S/C24H24F3N5O3/c1-15-10-20(33)22(30-32(15)19-9-5-7-17(12-19)24(25,26)27)23(35)28-13-16-6-4-8-18(11-16)29-21(34)14-31(2)3/h4-12H,13-14H2,1-3H3,(H,28,35)(H,29,34). The molecule has 1 aromatic heterocycles. The molecule has 1 heterocycles. The summed E-state index contributed by atoms with van der Waals surface area (Å²) in [6.45, 7) is 1.75. The molecule has 11 heteroatoms. The fraction of sp³-hybridized carbons (Fsp3) is 0.250. The maximum absolute atomic E-state index is 13.1. The summed E-state index contributed by atoms with van der Waals surface area (Å²) in [5, 5.41) is 9.36. The highest BCUT2D eigenvalue weighted by atomic mass is 19.4. The van der Waals surface area contributed by atoms with Gasteiger partial charge >= 0.3 is 6.18 Å². The lowest BCUT2D eigenvalue weighted by Gasteiger charge is -2.14. The molecular weight excluding hydrogens is 463 g/mol. The van der Waals surface area contributed by atoms with Crippen molar-refractivity contribution in [2.24, 2.45) is 0 Å². The largest absolute Gasteiger partial charge is 0.416 e. The summed E-state index contributed by atoms with van der Waals surface area (Å²) in [5.74, 6) is -0.979. The molecule has 2 amide bonds. The molecular formula is C24H24F3N5O3. The zero-order valence-electron chi connectivity index (χ0n) is 19.3.